The highest BCUT2D eigenvalue weighted by atomic mass is 16.6. The normalized spacial score (nSPS) is 12.3. The maximum absolute atomic E-state index is 11.6. The summed E-state index contributed by atoms with van der Waals surface area (Å²) in [5.74, 6) is 0. The van der Waals surface area contributed by atoms with E-state index in [2.05, 4.69) is 5.32 Å². The molecule has 0 saturated heterocycles. The SMILES string of the molecule is C[C@@H](O)CNc1c([N+](=O)[O-])c(=O)oc2ccccc12. The number of hydrogen-bond donors (Lipinski definition) is 2. The van der Waals surface area contributed by atoms with E-state index in [4.69, 9.17) is 4.42 Å². The van der Waals surface area contributed by atoms with Gasteiger partial charge in [0.25, 0.3) is 0 Å². The Morgan fingerprint density at radius 1 is 1.47 bits per heavy atom. The van der Waals surface area contributed by atoms with Gasteiger partial charge in [-0.1, -0.05) is 12.1 Å². The van der Waals surface area contributed by atoms with Gasteiger partial charge in [-0.05, 0) is 19.1 Å². The molecular formula is C12H12N2O5. The summed E-state index contributed by atoms with van der Waals surface area (Å²) in [6, 6.07) is 6.50. The van der Waals surface area contributed by atoms with Gasteiger partial charge in [-0.2, -0.15) is 0 Å². The van der Waals surface area contributed by atoms with Gasteiger partial charge < -0.3 is 14.8 Å². The number of anilines is 1. The highest BCUT2D eigenvalue weighted by Gasteiger charge is 2.24. The third kappa shape index (κ3) is 2.55. The van der Waals surface area contributed by atoms with Gasteiger partial charge in [0, 0.05) is 11.9 Å². The smallest absolute Gasteiger partial charge is 0.417 e. The van der Waals surface area contributed by atoms with Gasteiger partial charge in [-0.15, -0.1) is 0 Å². The van der Waals surface area contributed by atoms with Gasteiger partial charge in [0.15, 0.2) is 0 Å². The van der Waals surface area contributed by atoms with Crippen molar-refractivity contribution in [3.63, 3.8) is 0 Å². The Morgan fingerprint density at radius 3 is 2.79 bits per heavy atom. The van der Waals surface area contributed by atoms with E-state index in [-0.39, 0.29) is 17.8 Å². The van der Waals surface area contributed by atoms with Crippen LogP contribution in [0.2, 0.25) is 0 Å². The van der Waals surface area contributed by atoms with Gasteiger partial charge in [0.1, 0.15) is 11.3 Å². The molecule has 0 spiro atoms. The number of aliphatic hydroxyl groups excluding tert-OH is 1. The summed E-state index contributed by atoms with van der Waals surface area (Å²) in [5, 5.41) is 23.4. The highest BCUT2D eigenvalue weighted by Crippen LogP contribution is 2.29. The molecule has 1 aromatic heterocycles. The van der Waals surface area contributed by atoms with Crippen LogP contribution in [0.1, 0.15) is 6.92 Å². The molecule has 1 atom stereocenters. The van der Waals surface area contributed by atoms with Crippen molar-refractivity contribution in [3.8, 4) is 0 Å². The quantitative estimate of drug-likeness (QED) is 0.492. The summed E-state index contributed by atoms with van der Waals surface area (Å²) in [6.07, 6.45) is -0.703. The van der Waals surface area contributed by atoms with Crippen molar-refractivity contribution >= 4 is 22.3 Å². The third-order valence-corrected chi connectivity index (χ3v) is 2.55. The van der Waals surface area contributed by atoms with E-state index in [0.29, 0.717) is 5.39 Å². The lowest BCUT2D eigenvalue weighted by atomic mass is 10.2. The molecule has 2 aromatic rings. The topological polar surface area (TPSA) is 106 Å². The van der Waals surface area contributed by atoms with E-state index in [1.165, 1.54) is 6.92 Å². The molecule has 1 aromatic carbocycles. The van der Waals surface area contributed by atoms with E-state index >= 15 is 0 Å². The summed E-state index contributed by atoms with van der Waals surface area (Å²) < 4.78 is 4.90. The Morgan fingerprint density at radius 2 is 2.16 bits per heavy atom. The number of nitro groups is 1. The van der Waals surface area contributed by atoms with Crippen LogP contribution in [0.15, 0.2) is 33.5 Å². The molecule has 0 bridgehead atoms. The van der Waals surface area contributed by atoms with Gasteiger partial charge in [-0.25, -0.2) is 4.79 Å². The summed E-state index contributed by atoms with van der Waals surface area (Å²) in [5.41, 5.74) is -1.35. The molecule has 0 unspecified atom stereocenters. The van der Waals surface area contributed by atoms with Crippen molar-refractivity contribution in [1.29, 1.82) is 0 Å². The van der Waals surface area contributed by atoms with E-state index in [1.807, 2.05) is 0 Å². The number of nitrogens with zero attached hydrogens (tertiary/aromatic N) is 1. The lowest BCUT2D eigenvalue weighted by Crippen LogP contribution is -2.18. The zero-order valence-electron chi connectivity index (χ0n) is 10.1. The average Bonchev–Trinajstić information content (AvgIpc) is 2.34. The van der Waals surface area contributed by atoms with E-state index in [9.17, 15) is 20.0 Å². The molecule has 0 radical (unpaired) electrons. The van der Waals surface area contributed by atoms with Gasteiger partial charge in [0.05, 0.1) is 11.0 Å². The molecule has 1 heterocycles. The van der Waals surface area contributed by atoms with Crippen LogP contribution in [-0.4, -0.2) is 22.7 Å². The molecule has 0 amide bonds. The Bertz CT molecular complexity index is 677. The largest absolute Gasteiger partial charge is 0.418 e. The second-order valence-corrected chi connectivity index (χ2v) is 4.10. The van der Waals surface area contributed by atoms with Crippen molar-refractivity contribution in [1.82, 2.24) is 0 Å². The summed E-state index contributed by atoms with van der Waals surface area (Å²) >= 11 is 0. The predicted octanol–water partition coefficient (Wildman–Crippen LogP) is 1.49. The minimum absolute atomic E-state index is 0.0674. The number of para-hydroxylation sites is 1. The molecule has 0 aliphatic rings. The van der Waals surface area contributed by atoms with Crippen LogP contribution in [0.25, 0.3) is 11.0 Å². The van der Waals surface area contributed by atoms with Crippen LogP contribution in [0.4, 0.5) is 11.4 Å². The molecule has 7 nitrogen and oxygen atoms in total. The van der Waals surface area contributed by atoms with Crippen molar-refractivity contribution in [2.75, 3.05) is 11.9 Å². The van der Waals surface area contributed by atoms with Crippen molar-refractivity contribution in [3.05, 3.63) is 44.8 Å². The minimum atomic E-state index is -1.02. The number of hydrogen-bond acceptors (Lipinski definition) is 6. The molecule has 0 saturated carbocycles. The summed E-state index contributed by atoms with van der Waals surface area (Å²) in [4.78, 5) is 21.8. The Hall–Kier alpha value is -2.41. The zero-order valence-corrected chi connectivity index (χ0v) is 10.1. The highest BCUT2D eigenvalue weighted by molar-refractivity contribution is 5.94. The second kappa shape index (κ2) is 5.07. The molecule has 0 fully saturated rings. The first-order chi connectivity index (χ1) is 9.00. The van der Waals surface area contributed by atoms with Crippen LogP contribution in [0.3, 0.4) is 0 Å². The number of rotatable bonds is 4. The van der Waals surface area contributed by atoms with Crippen LogP contribution in [-0.2, 0) is 0 Å². The Kier molecular flexibility index (Phi) is 3.48. The van der Waals surface area contributed by atoms with E-state index in [0.717, 1.165) is 0 Å². The molecule has 19 heavy (non-hydrogen) atoms. The lowest BCUT2D eigenvalue weighted by Gasteiger charge is -2.10. The van der Waals surface area contributed by atoms with Crippen LogP contribution in [0.5, 0.6) is 0 Å². The zero-order chi connectivity index (χ0) is 14.0. The van der Waals surface area contributed by atoms with Crippen molar-refractivity contribution in [2.24, 2.45) is 0 Å². The fraction of sp³-hybridized carbons (Fsp3) is 0.250. The first-order valence-corrected chi connectivity index (χ1v) is 5.63. The van der Waals surface area contributed by atoms with Crippen LogP contribution < -0.4 is 10.9 Å². The summed E-state index contributed by atoms with van der Waals surface area (Å²) in [6.45, 7) is 1.63. The van der Waals surface area contributed by atoms with E-state index < -0.39 is 22.3 Å². The molecule has 0 aliphatic carbocycles. The summed E-state index contributed by atoms with van der Waals surface area (Å²) in [7, 11) is 0. The lowest BCUT2D eigenvalue weighted by molar-refractivity contribution is -0.386. The van der Waals surface area contributed by atoms with Gasteiger partial charge in [0.2, 0.25) is 0 Å². The fourth-order valence-electron chi connectivity index (χ4n) is 1.73. The Balaban J connectivity index is 2.69. The third-order valence-electron chi connectivity index (χ3n) is 2.55. The number of nitrogens with one attached hydrogen (secondary N) is 1. The first kappa shape index (κ1) is 13.0. The van der Waals surface area contributed by atoms with Gasteiger partial charge >= 0.3 is 11.3 Å². The molecule has 100 valence electrons. The standard InChI is InChI=1S/C12H12N2O5/c1-7(15)6-13-10-8-4-2-3-5-9(8)19-12(16)11(10)14(17)18/h2-5,7,13,15H,6H2,1H3/t7-/m1/s1. The van der Waals surface area contributed by atoms with Crippen LogP contribution in [0, 0.1) is 10.1 Å². The Labute approximate surface area is 107 Å². The monoisotopic (exact) mass is 264 g/mol. The van der Waals surface area contributed by atoms with Crippen molar-refractivity contribution in [2.45, 2.75) is 13.0 Å². The maximum Gasteiger partial charge on any atom is 0.417 e. The molecule has 2 rings (SSSR count). The molecule has 7 heteroatoms. The van der Waals surface area contributed by atoms with Crippen LogP contribution >= 0.6 is 0 Å². The average molecular weight is 264 g/mol. The fourth-order valence-corrected chi connectivity index (χ4v) is 1.73. The van der Waals surface area contributed by atoms with Crippen molar-refractivity contribution < 1.29 is 14.4 Å². The minimum Gasteiger partial charge on any atom is -0.418 e. The van der Waals surface area contributed by atoms with Gasteiger partial charge in [-0.3, -0.25) is 10.1 Å². The number of fused-ring (bicyclic) bond motifs is 1. The molecule has 2 N–H and O–H groups in total. The first-order valence-electron chi connectivity index (χ1n) is 5.63. The maximum atomic E-state index is 11.6. The number of aliphatic hydroxyl groups is 1. The molecular weight excluding hydrogens is 252 g/mol. The van der Waals surface area contributed by atoms with E-state index in [1.54, 1.807) is 24.3 Å². The molecule has 0 aliphatic heterocycles. The number of benzene rings is 1. The second-order valence-electron chi connectivity index (χ2n) is 4.10. The predicted molar refractivity (Wildman–Crippen MR) is 69.3 cm³/mol.